The van der Waals surface area contributed by atoms with Crippen LogP contribution in [0.1, 0.15) is 48.9 Å². The topological polar surface area (TPSA) is 89.9 Å². The number of rotatable bonds is 11. The minimum absolute atomic E-state index is 0.0774. The normalized spacial score (nSPS) is 12.6. The molecule has 2 aromatic rings. The number of anilines is 1. The molecule has 2 N–H and O–H groups in total. The SMILES string of the molecule is CCOc1cc(C(CNc2ccc(C)nc2C)P(=O)(OCC)OCC)cc(C)c1O. The summed E-state index contributed by atoms with van der Waals surface area (Å²) < 4.78 is 30.7. The fourth-order valence-electron chi connectivity index (χ4n) is 3.30. The van der Waals surface area contributed by atoms with Crippen LogP contribution in [0.2, 0.25) is 0 Å². The Kier molecular flexibility index (Phi) is 8.71. The molecule has 0 radical (unpaired) electrons. The van der Waals surface area contributed by atoms with Gasteiger partial charge in [-0.25, -0.2) is 0 Å². The Morgan fingerprint density at radius 1 is 1.07 bits per heavy atom. The first-order valence-corrected chi connectivity index (χ1v) is 11.9. The van der Waals surface area contributed by atoms with E-state index in [4.69, 9.17) is 13.8 Å². The van der Waals surface area contributed by atoms with E-state index in [0.29, 0.717) is 30.0 Å². The average Bonchev–Trinajstić information content (AvgIpc) is 2.67. The van der Waals surface area contributed by atoms with Crippen molar-refractivity contribution in [2.45, 2.75) is 47.2 Å². The minimum Gasteiger partial charge on any atom is -0.504 e. The van der Waals surface area contributed by atoms with Crippen molar-refractivity contribution in [2.75, 3.05) is 31.7 Å². The lowest BCUT2D eigenvalue weighted by molar-refractivity contribution is 0.212. The lowest BCUT2D eigenvalue weighted by atomic mass is 10.1. The molecule has 0 aliphatic carbocycles. The first kappa shape index (κ1) is 24.2. The third-order valence-electron chi connectivity index (χ3n) is 4.68. The Morgan fingerprint density at radius 3 is 2.30 bits per heavy atom. The van der Waals surface area contributed by atoms with Gasteiger partial charge in [0.2, 0.25) is 0 Å². The highest BCUT2D eigenvalue weighted by Crippen LogP contribution is 2.61. The summed E-state index contributed by atoms with van der Waals surface area (Å²) in [6.45, 7) is 12.3. The van der Waals surface area contributed by atoms with Gasteiger partial charge >= 0.3 is 7.60 Å². The van der Waals surface area contributed by atoms with Crippen LogP contribution in [0.3, 0.4) is 0 Å². The van der Waals surface area contributed by atoms with Gasteiger partial charge in [0.25, 0.3) is 0 Å². The summed E-state index contributed by atoms with van der Waals surface area (Å²) in [6.07, 6.45) is 0. The maximum Gasteiger partial charge on any atom is 0.339 e. The molecule has 0 saturated heterocycles. The van der Waals surface area contributed by atoms with E-state index in [1.54, 1.807) is 32.9 Å². The highest BCUT2D eigenvalue weighted by Gasteiger charge is 2.37. The van der Waals surface area contributed by atoms with Gasteiger partial charge in [-0.05, 0) is 70.9 Å². The number of nitrogens with zero attached hydrogens (tertiary/aromatic N) is 1. The first-order chi connectivity index (χ1) is 14.3. The van der Waals surface area contributed by atoms with Crippen LogP contribution in [0, 0.1) is 20.8 Å². The van der Waals surface area contributed by atoms with Crippen molar-refractivity contribution < 1.29 is 23.5 Å². The lowest BCUT2D eigenvalue weighted by Crippen LogP contribution is -2.17. The Balaban J connectivity index is 2.49. The first-order valence-electron chi connectivity index (χ1n) is 10.3. The highest BCUT2D eigenvalue weighted by atomic mass is 31.2. The number of aromatic hydroxyl groups is 1. The standard InChI is InChI=1S/C22H33N2O5P/c1-7-27-20-13-18(12-15(4)22(20)25)21(30(26,28-8-2)29-9-3)14-23-19-11-10-16(5)24-17(19)6/h10-13,21,23,25H,7-9,14H2,1-6H3. The maximum absolute atomic E-state index is 13.7. The molecule has 1 aromatic heterocycles. The van der Waals surface area contributed by atoms with Crippen LogP contribution in [-0.2, 0) is 13.6 Å². The Labute approximate surface area is 179 Å². The molecule has 1 heterocycles. The van der Waals surface area contributed by atoms with Crippen LogP contribution in [0.15, 0.2) is 24.3 Å². The third-order valence-corrected chi connectivity index (χ3v) is 7.16. The summed E-state index contributed by atoms with van der Waals surface area (Å²) in [5.41, 5.74) is 3.38. The van der Waals surface area contributed by atoms with E-state index < -0.39 is 13.3 Å². The van der Waals surface area contributed by atoms with E-state index in [1.807, 2.05) is 32.9 Å². The molecule has 1 atom stereocenters. The molecule has 7 nitrogen and oxygen atoms in total. The summed E-state index contributed by atoms with van der Waals surface area (Å²) in [5.74, 6) is 0.429. The number of benzene rings is 1. The van der Waals surface area contributed by atoms with Crippen molar-refractivity contribution in [1.29, 1.82) is 0 Å². The molecule has 1 aromatic carbocycles. The molecule has 0 spiro atoms. The molecular weight excluding hydrogens is 403 g/mol. The van der Waals surface area contributed by atoms with Gasteiger partial charge in [0.15, 0.2) is 11.5 Å². The van der Waals surface area contributed by atoms with Gasteiger partial charge < -0.3 is 24.2 Å². The number of hydrogen-bond acceptors (Lipinski definition) is 7. The smallest absolute Gasteiger partial charge is 0.339 e. The zero-order chi connectivity index (χ0) is 22.3. The lowest BCUT2D eigenvalue weighted by Gasteiger charge is -2.28. The summed E-state index contributed by atoms with van der Waals surface area (Å²) in [6, 6.07) is 7.39. The second-order valence-corrected chi connectivity index (χ2v) is 9.19. The molecule has 0 bridgehead atoms. The zero-order valence-corrected chi connectivity index (χ0v) is 19.6. The number of ether oxygens (including phenoxy) is 1. The number of pyridine rings is 1. The highest BCUT2D eigenvalue weighted by molar-refractivity contribution is 7.54. The summed E-state index contributed by atoms with van der Waals surface area (Å²) in [4.78, 5) is 4.48. The van der Waals surface area contributed by atoms with Gasteiger partial charge in [-0.2, -0.15) is 0 Å². The quantitative estimate of drug-likeness (QED) is 0.448. The molecule has 0 saturated carbocycles. The Morgan fingerprint density at radius 2 is 1.73 bits per heavy atom. The van der Waals surface area contributed by atoms with Crippen molar-refractivity contribution in [3.8, 4) is 11.5 Å². The second-order valence-electron chi connectivity index (χ2n) is 6.98. The molecule has 2 rings (SSSR count). The van der Waals surface area contributed by atoms with Crippen LogP contribution < -0.4 is 10.1 Å². The third kappa shape index (κ3) is 5.75. The van der Waals surface area contributed by atoms with Gasteiger partial charge in [-0.3, -0.25) is 9.55 Å². The van der Waals surface area contributed by atoms with Gasteiger partial charge in [-0.15, -0.1) is 0 Å². The van der Waals surface area contributed by atoms with E-state index in [1.165, 1.54) is 0 Å². The van der Waals surface area contributed by atoms with Gasteiger partial charge in [0.1, 0.15) is 5.66 Å². The average molecular weight is 436 g/mol. The zero-order valence-electron chi connectivity index (χ0n) is 18.7. The van der Waals surface area contributed by atoms with Crippen LogP contribution in [0.25, 0.3) is 0 Å². The molecule has 0 fully saturated rings. The molecule has 0 aliphatic heterocycles. The van der Waals surface area contributed by atoms with Crippen molar-refractivity contribution in [1.82, 2.24) is 4.98 Å². The Hall–Kier alpha value is -2.08. The number of nitrogens with one attached hydrogen (secondary N) is 1. The molecule has 166 valence electrons. The molecule has 0 amide bonds. The Bertz CT molecular complexity index is 893. The van der Waals surface area contributed by atoms with Crippen LogP contribution >= 0.6 is 7.60 Å². The van der Waals surface area contributed by atoms with E-state index in [-0.39, 0.29) is 19.0 Å². The van der Waals surface area contributed by atoms with Crippen LogP contribution in [0.5, 0.6) is 11.5 Å². The molecule has 0 aliphatic rings. The second kappa shape index (κ2) is 10.8. The van der Waals surface area contributed by atoms with Crippen molar-refractivity contribution in [3.05, 3.63) is 46.8 Å². The number of phenolic OH excluding ortho intramolecular Hbond substituents is 1. The summed E-state index contributed by atoms with van der Waals surface area (Å²) >= 11 is 0. The van der Waals surface area contributed by atoms with Crippen molar-refractivity contribution in [3.63, 3.8) is 0 Å². The van der Waals surface area contributed by atoms with E-state index >= 15 is 0 Å². The van der Waals surface area contributed by atoms with E-state index in [2.05, 4.69) is 10.3 Å². The predicted octanol–water partition coefficient (Wildman–Crippen LogP) is 5.53. The van der Waals surface area contributed by atoms with Gasteiger partial charge in [0.05, 0.1) is 31.2 Å². The molecule has 30 heavy (non-hydrogen) atoms. The predicted molar refractivity (Wildman–Crippen MR) is 120 cm³/mol. The molecular formula is C22H33N2O5P. The number of phenols is 1. The summed E-state index contributed by atoms with van der Waals surface area (Å²) in [7, 11) is -3.51. The monoisotopic (exact) mass is 436 g/mol. The fourth-order valence-corrected chi connectivity index (χ4v) is 5.28. The number of hydrogen-bond donors (Lipinski definition) is 2. The number of aryl methyl sites for hydroxylation is 3. The minimum atomic E-state index is -3.51. The van der Waals surface area contributed by atoms with Crippen molar-refractivity contribution in [2.24, 2.45) is 0 Å². The van der Waals surface area contributed by atoms with Crippen LogP contribution in [-0.4, -0.2) is 36.5 Å². The van der Waals surface area contributed by atoms with Crippen molar-refractivity contribution >= 4 is 13.3 Å². The summed E-state index contributed by atoms with van der Waals surface area (Å²) in [5, 5.41) is 13.7. The molecule has 8 heteroatoms. The molecule has 1 unspecified atom stereocenters. The fraction of sp³-hybridized carbons (Fsp3) is 0.500. The van der Waals surface area contributed by atoms with Gasteiger partial charge in [-0.1, -0.05) is 6.07 Å². The number of aromatic nitrogens is 1. The maximum atomic E-state index is 13.7. The van der Waals surface area contributed by atoms with E-state index in [9.17, 15) is 9.67 Å². The van der Waals surface area contributed by atoms with Gasteiger partial charge in [0, 0.05) is 12.2 Å². The largest absolute Gasteiger partial charge is 0.504 e. The van der Waals surface area contributed by atoms with Crippen LogP contribution in [0.4, 0.5) is 5.69 Å². The van der Waals surface area contributed by atoms with E-state index in [0.717, 1.165) is 17.1 Å².